The van der Waals surface area contributed by atoms with Crippen molar-refractivity contribution in [2.24, 2.45) is 0 Å². The van der Waals surface area contributed by atoms with Crippen molar-refractivity contribution in [3.8, 4) is 11.5 Å². The zero-order chi connectivity index (χ0) is 20.5. The highest BCUT2D eigenvalue weighted by Crippen LogP contribution is 2.26. The number of anilines is 1. The number of nitrogens with zero attached hydrogens (tertiary/aromatic N) is 3. The van der Waals surface area contributed by atoms with Gasteiger partial charge in [-0.1, -0.05) is 47.7 Å². The summed E-state index contributed by atoms with van der Waals surface area (Å²) in [5.74, 6) is 6.78. The summed E-state index contributed by atoms with van der Waals surface area (Å²) in [7, 11) is 0. The first-order valence-corrected chi connectivity index (χ1v) is 10.2. The Kier molecular flexibility index (Phi) is 5.02. The van der Waals surface area contributed by atoms with Gasteiger partial charge in [0.25, 0.3) is 0 Å². The molecule has 0 spiro atoms. The van der Waals surface area contributed by atoms with E-state index in [0.717, 1.165) is 33.4 Å². The van der Waals surface area contributed by atoms with Crippen LogP contribution in [0.25, 0.3) is 22.4 Å². The number of carbonyl (C=O) groups is 1. The third-order valence-electron chi connectivity index (χ3n) is 4.71. The molecule has 4 rings (SSSR count). The highest BCUT2D eigenvalue weighted by atomic mass is 32.2. The third-order valence-corrected chi connectivity index (χ3v) is 5.65. The molecular formula is C21H22N6OS. The van der Waals surface area contributed by atoms with Crippen molar-refractivity contribution in [1.29, 1.82) is 0 Å². The van der Waals surface area contributed by atoms with Crippen molar-refractivity contribution in [3.63, 3.8) is 0 Å². The molecule has 2 aromatic carbocycles. The first kappa shape index (κ1) is 19.1. The quantitative estimate of drug-likeness (QED) is 0.346. The summed E-state index contributed by atoms with van der Waals surface area (Å²) >= 11 is 1.25. The van der Waals surface area contributed by atoms with Gasteiger partial charge in [-0.15, -0.1) is 10.2 Å². The van der Waals surface area contributed by atoms with E-state index < -0.39 is 0 Å². The zero-order valence-electron chi connectivity index (χ0n) is 16.5. The van der Waals surface area contributed by atoms with E-state index in [4.69, 9.17) is 5.84 Å². The topological polar surface area (TPSA) is 102 Å². The Morgan fingerprint density at radius 2 is 1.86 bits per heavy atom. The Hall–Kier alpha value is -3.26. The number of hydrogen-bond donors (Lipinski definition) is 3. The maximum absolute atomic E-state index is 12.4. The van der Waals surface area contributed by atoms with Gasteiger partial charge in [-0.2, -0.15) is 0 Å². The summed E-state index contributed by atoms with van der Waals surface area (Å²) < 4.78 is 1.41. The molecule has 4 aromatic rings. The lowest BCUT2D eigenvalue weighted by atomic mass is 10.1. The number of benzene rings is 2. The molecule has 0 aliphatic rings. The van der Waals surface area contributed by atoms with E-state index in [1.807, 2.05) is 51.1 Å². The minimum Gasteiger partial charge on any atom is -0.352 e. The van der Waals surface area contributed by atoms with E-state index in [-0.39, 0.29) is 11.7 Å². The summed E-state index contributed by atoms with van der Waals surface area (Å²) in [5.41, 5.74) is 5.90. The van der Waals surface area contributed by atoms with Crippen LogP contribution in [0.3, 0.4) is 0 Å². The Balaban J connectivity index is 1.46. The molecule has 2 aromatic heterocycles. The van der Waals surface area contributed by atoms with Gasteiger partial charge in [0, 0.05) is 16.6 Å². The Labute approximate surface area is 172 Å². The van der Waals surface area contributed by atoms with Crippen LogP contribution < -0.4 is 11.2 Å². The van der Waals surface area contributed by atoms with Crippen molar-refractivity contribution in [1.82, 2.24) is 19.9 Å². The number of aromatic nitrogens is 4. The molecule has 2 heterocycles. The lowest BCUT2D eigenvalue weighted by Crippen LogP contribution is -2.17. The summed E-state index contributed by atoms with van der Waals surface area (Å²) in [4.78, 5) is 15.7. The standard InChI is InChI=1S/C21H22N6OS/c1-12-8-13(2)19(14(3)9-12)24-18(28)11-29-21-26-25-20(27(21)22)17-10-15-6-4-5-7-16(15)23-17/h4-10,23H,11,22H2,1-3H3,(H,24,28). The Bertz CT molecular complexity index is 1150. The van der Waals surface area contributed by atoms with Gasteiger partial charge in [-0.3, -0.25) is 4.79 Å². The predicted molar refractivity (Wildman–Crippen MR) is 117 cm³/mol. The Morgan fingerprint density at radius 3 is 2.59 bits per heavy atom. The van der Waals surface area contributed by atoms with Crippen LogP contribution in [0, 0.1) is 20.8 Å². The number of nitrogens with two attached hydrogens (primary N) is 1. The van der Waals surface area contributed by atoms with E-state index in [1.54, 1.807) is 0 Å². The molecule has 29 heavy (non-hydrogen) atoms. The second-order valence-corrected chi connectivity index (χ2v) is 8.00. The van der Waals surface area contributed by atoms with Crippen LogP contribution in [0.5, 0.6) is 0 Å². The largest absolute Gasteiger partial charge is 0.352 e. The molecule has 0 atom stereocenters. The van der Waals surface area contributed by atoms with Gasteiger partial charge >= 0.3 is 0 Å². The molecule has 0 unspecified atom stereocenters. The van der Waals surface area contributed by atoms with E-state index in [9.17, 15) is 4.79 Å². The van der Waals surface area contributed by atoms with Crippen LogP contribution in [0.15, 0.2) is 47.6 Å². The van der Waals surface area contributed by atoms with Crippen LogP contribution in [0.4, 0.5) is 5.69 Å². The minimum atomic E-state index is -0.111. The number of thioether (sulfide) groups is 1. The van der Waals surface area contributed by atoms with Gasteiger partial charge in [0.05, 0.1) is 11.4 Å². The van der Waals surface area contributed by atoms with E-state index in [0.29, 0.717) is 11.0 Å². The van der Waals surface area contributed by atoms with E-state index >= 15 is 0 Å². The summed E-state index contributed by atoms with van der Waals surface area (Å²) in [6.07, 6.45) is 0. The molecule has 0 radical (unpaired) electrons. The number of aromatic amines is 1. The number of H-pyrrole nitrogens is 1. The number of hydrogen-bond acceptors (Lipinski definition) is 5. The molecular weight excluding hydrogens is 384 g/mol. The van der Waals surface area contributed by atoms with Crippen LogP contribution in [0.2, 0.25) is 0 Å². The van der Waals surface area contributed by atoms with Crippen molar-refractivity contribution >= 4 is 34.3 Å². The lowest BCUT2D eigenvalue weighted by molar-refractivity contribution is -0.113. The molecule has 0 saturated carbocycles. The average Bonchev–Trinajstić information content (AvgIpc) is 3.26. The SMILES string of the molecule is Cc1cc(C)c(NC(=O)CSc2nnc(-c3cc4ccccc4[nH]3)n2N)c(C)c1. The van der Waals surface area contributed by atoms with Crippen LogP contribution >= 0.6 is 11.8 Å². The minimum absolute atomic E-state index is 0.111. The second kappa shape index (κ2) is 7.63. The number of para-hydroxylation sites is 1. The molecule has 0 saturated heterocycles. The molecule has 0 bridgehead atoms. The number of nitrogen functional groups attached to an aromatic ring is 1. The molecule has 0 aliphatic carbocycles. The van der Waals surface area contributed by atoms with Crippen molar-refractivity contribution in [2.45, 2.75) is 25.9 Å². The van der Waals surface area contributed by atoms with Gasteiger partial charge in [0.2, 0.25) is 11.1 Å². The third kappa shape index (κ3) is 3.84. The number of carbonyl (C=O) groups excluding carboxylic acids is 1. The number of aryl methyl sites for hydroxylation is 3. The van der Waals surface area contributed by atoms with Crippen LogP contribution in [0.1, 0.15) is 16.7 Å². The number of fused-ring (bicyclic) bond motifs is 1. The van der Waals surface area contributed by atoms with Crippen LogP contribution in [-0.4, -0.2) is 31.5 Å². The van der Waals surface area contributed by atoms with E-state index in [1.165, 1.54) is 22.0 Å². The highest BCUT2D eigenvalue weighted by Gasteiger charge is 2.16. The number of nitrogens with one attached hydrogen (secondary N) is 2. The lowest BCUT2D eigenvalue weighted by Gasteiger charge is -2.12. The monoisotopic (exact) mass is 406 g/mol. The van der Waals surface area contributed by atoms with Gasteiger partial charge < -0.3 is 16.1 Å². The molecule has 148 valence electrons. The van der Waals surface area contributed by atoms with Gasteiger partial charge in [0.1, 0.15) is 0 Å². The van der Waals surface area contributed by atoms with Gasteiger partial charge in [-0.05, 0) is 44.0 Å². The summed E-state index contributed by atoms with van der Waals surface area (Å²) in [6.45, 7) is 6.03. The van der Waals surface area contributed by atoms with Crippen molar-refractivity contribution < 1.29 is 4.79 Å². The van der Waals surface area contributed by atoms with Crippen LogP contribution in [-0.2, 0) is 4.79 Å². The smallest absolute Gasteiger partial charge is 0.234 e. The highest BCUT2D eigenvalue weighted by molar-refractivity contribution is 7.99. The first-order chi connectivity index (χ1) is 13.9. The maximum Gasteiger partial charge on any atom is 0.234 e. The zero-order valence-corrected chi connectivity index (χ0v) is 17.3. The molecule has 8 heteroatoms. The second-order valence-electron chi connectivity index (χ2n) is 7.06. The molecule has 1 amide bonds. The maximum atomic E-state index is 12.4. The normalized spacial score (nSPS) is 11.1. The molecule has 7 nitrogen and oxygen atoms in total. The summed E-state index contributed by atoms with van der Waals surface area (Å²) in [5, 5.41) is 12.9. The van der Waals surface area contributed by atoms with E-state index in [2.05, 4.69) is 32.6 Å². The van der Waals surface area contributed by atoms with Gasteiger partial charge in [0.15, 0.2) is 5.82 Å². The summed E-state index contributed by atoms with van der Waals surface area (Å²) in [6, 6.07) is 14.0. The molecule has 0 aliphatic heterocycles. The van der Waals surface area contributed by atoms with Gasteiger partial charge in [-0.25, -0.2) is 4.68 Å². The fraction of sp³-hybridized carbons (Fsp3) is 0.190. The molecule has 0 fully saturated rings. The fourth-order valence-corrected chi connectivity index (χ4v) is 4.09. The predicted octanol–water partition coefficient (Wildman–Crippen LogP) is 3.80. The fourth-order valence-electron chi connectivity index (χ4n) is 3.44. The first-order valence-electron chi connectivity index (χ1n) is 9.21. The average molecular weight is 407 g/mol. The molecule has 4 N–H and O–H groups in total. The van der Waals surface area contributed by atoms with Crippen molar-refractivity contribution in [3.05, 3.63) is 59.2 Å². The van der Waals surface area contributed by atoms with Crippen molar-refractivity contribution in [2.75, 3.05) is 16.9 Å². The number of rotatable bonds is 5. The number of amides is 1. The Morgan fingerprint density at radius 1 is 1.14 bits per heavy atom.